The summed E-state index contributed by atoms with van der Waals surface area (Å²) in [6, 6.07) is 3.05. The first-order valence-electron chi connectivity index (χ1n) is 4.44. The summed E-state index contributed by atoms with van der Waals surface area (Å²) in [5.74, 6) is -0.301. The minimum absolute atomic E-state index is 0.0891. The van der Waals surface area contributed by atoms with Crippen LogP contribution in [0.1, 0.15) is 12.2 Å². The minimum atomic E-state index is -0.943. The Balaban J connectivity index is 2.11. The van der Waals surface area contributed by atoms with Crippen LogP contribution in [0.25, 0.3) is 0 Å². The maximum Gasteiger partial charge on any atom is 0.315 e. The Kier molecular flexibility index (Phi) is 4.21. The van der Waals surface area contributed by atoms with Gasteiger partial charge in [-0.3, -0.25) is 4.79 Å². The SMILES string of the molecule is O=C(O)CCNC(=O)NCc1ccco1. The summed E-state index contributed by atoms with van der Waals surface area (Å²) < 4.78 is 4.99. The lowest BCUT2D eigenvalue weighted by atomic mass is 10.4. The van der Waals surface area contributed by atoms with Crippen LogP contribution in [0.15, 0.2) is 22.8 Å². The predicted molar refractivity (Wildman–Crippen MR) is 51.2 cm³/mol. The number of urea groups is 1. The number of carboxylic acid groups (broad SMARTS) is 1. The summed E-state index contributed by atoms with van der Waals surface area (Å²) in [6.45, 7) is 0.394. The van der Waals surface area contributed by atoms with Gasteiger partial charge in [-0.05, 0) is 12.1 Å². The minimum Gasteiger partial charge on any atom is -0.481 e. The van der Waals surface area contributed by atoms with Crippen molar-refractivity contribution in [1.29, 1.82) is 0 Å². The lowest BCUT2D eigenvalue weighted by Gasteiger charge is -2.04. The van der Waals surface area contributed by atoms with Gasteiger partial charge >= 0.3 is 12.0 Å². The van der Waals surface area contributed by atoms with Crippen LogP contribution in [-0.2, 0) is 11.3 Å². The summed E-state index contributed by atoms with van der Waals surface area (Å²) in [5.41, 5.74) is 0. The number of rotatable bonds is 5. The third-order valence-corrected chi connectivity index (χ3v) is 1.63. The van der Waals surface area contributed by atoms with Crippen LogP contribution in [0.3, 0.4) is 0 Å². The van der Waals surface area contributed by atoms with Gasteiger partial charge in [0, 0.05) is 6.54 Å². The lowest BCUT2D eigenvalue weighted by Crippen LogP contribution is -2.36. The zero-order valence-electron chi connectivity index (χ0n) is 8.03. The second-order valence-corrected chi connectivity index (χ2v) is 2.83. The highest BCUT2D eigenvalue weighted by atomic mass is 16.4. The Morgan fingerprint density at radius 3 is 2.80 bits per heavy atom. The van der Waals surface area contributed by atoms with E-state index in [-0.39, 0.29) is 19.5 Å². The lowest BCUT2D eigenvalue weighted by molar-refractivity contribution is -0.136. The molecular weight excluding hydrogens is 200 g/mol. The maximum absolute atomic E-state index is 11.1. The highest BCUT2D eigenvalue weighted by Gasteiger charge is 2.02. The first-order valence-corrected chi connectivity index (χ1v) is 4.44. The molecule has 1 aromatic heterocycles. The normalized spacial score (nSPS) is 9.60. The molecule has 0 aliphatic rings. The van der Waals surface area contributed by atoms with E-state index in [1.54, 1.807) is 12.1 Å². The molecule has 0 atom stereocenters. The predicted octanol–water partition coefficient (Wildman–Crippen LogP) is 0.553. The number of carboxylic acids is 1. The summed E-state index contributed by atoms with van der Waals surface area (Å²) in [7, 11) is 0. The Bertz CT molecular complexity index is 321. The molecule has 1 rings (SSSR count). The number of aliphatic carboxylic acids is 1. The third-order valence-electron chi connectivity index (χ3n) is 1.63. The molecule has 0 fully saturated rings. The van der Waals surface area contributed by atoms with Crippen LogP contribution in [0.2, 0.25) is 0 Å². The van der Waals surface area contributed by atoms with Crippen LogP contribution in [0.4, 0.5) is 4.79 Å². The molecule has 1 heterocycles. The average Bonchev–Trinajstić information content (AvgIpc) is 2.66. The summed E-state index contributed by atoms with van der Waals surface area (Å²) in [4.78, 5) is 21.2. The molecule has 0 saturated carbocycles. The van der Waals surface area contributed by atoms with E-state index in [1.165, 1.54) is 6.26 Å². The number of hydrogen-bond acceptors (Lipinski definition) is 3. The monoisotopic (exact) mass is 212 g/mol. The van der Waals surface area contributed by atoms with Crippen LogP contribution in [0, 0.1) is 0 Å². The first-order chi connectivity index (χ1) is 7.18. The molecular formula is C9H12N2O4. The molecule has 6 nitrogen and oxygen atoms in total. The number of amides is 2. The molecule has 0 aliphatic heterocycles. The number of hydrogen-bond donors (Lipinski definition) is 3. The molecule has 0 bridgehead atoms. The van der Waals surface area contributed by atoms with E-state index >= 15 is 0 Å². The van der Waals surface area contributed by atoms with Crippen molar-refractivity contribution in [3.8, 4) is 0 Å². The van der Waals surface area contributed by atoms with Gasteiger partial charge in [0.25, 0.3) is 0 Å². The van der Waals surface area contributed by atoms with Crippen LogP contribution in [-0.4, -0.2) is 23.7 Å². The molecule has 0 saturated heterocycles. The molecule has 6 heteroatoms. The second-order valence-electron chi connectivity index (χ2n) is 2.83. The van der Waals surface area contributed by atoms with Gasteiger partial charge in [-0.25, -0.2) is 4.79 Å². The van der Waals surface area contributed by atoms with Gasteiger partial charge in [-0.2, -0.15) is 0 Å². The van der Waals surface area contributed by atoms with Crippen molar-refractivity contribution < 1.29 is 19.1 Å². The number of carbonyl (C=O) groups is 2. The van der Waals surface area contributed by atoms with Crippen molar-refractivity contribution in [2.24, 2.45) is 0 Å². The van der Waals surface area contributed by atoms with Crippen molar-refractivity contribution in [2.75, 3.05) is 6.54 Å². The van der Waals surface area contributed by atoms with E-state index < -0.39 is 12.0 Å². The number of carbonyl (C=O) groups excluding carboxylic acids is 1. The van der Waals surface area contributed by atoms with Gasteiger partial charge in [-0.15, -0.1) is 0 Å². The fourth-order valence-corrected chi connectivity index (χ4v) is 0.926. The van der Waals surface area contributed by atoms with Crippen molar-refractivity contribution in [3.05, 3.63) is 24.2 Å². The molecule has 82 valence electrons. The Morgan fingerprint density at radius 1 is 1.40 bits per heavy atom. The van der Waals surface area contributed by atoms with Crippen molar-refractivity contribution in [2.45, 2.75) is 13.0 Å². The van der Waals surface area contributed by atoms with E-state index in [1.807, 2.05) is 0 Å². The van der Waals surface area contributed by atoms with Crippen LogP contribution < -0.4 is 10.6 Å². The molecule has 15 heavy (non-hydrogen) atoms. The number of furan rings is 1. The standard InChI is InChI=1S/C9H12N2O4/c12-8(13)3-4-10-9(14)11-6-7-2-1-5-15-7/h1-2,5H,3-4,6H2,(H,12,13)(H2,10,11,14). The molecule has 0 radical (unpaired) electrons. The zero-order valence-corrected chi connectivity index (χ0v) is 8.03. The maximum atomic E-state index is 11.1. The topological polar surface area (TPSA) is 91.6 Å². The van der Waals surface area contributed by atoms with Crippen LogP contribution in [0.5, 0.6) is 0 Å². The average molecular weight is 212 g/mol. The highest BCUT2D eigenvalue weighted by Crippen LogP contribution is 1.97. The van der Waals surface area contributed by atoms with Gasteiger partial charge in [0.15, 0.2) is 0 Å². The molecule has 0 aliphatic carbocycles. The van der Waals surface area contributed by atoms with Gasteiger partial charge in [0.05, 0.1) is 19.2 Å². The quantitative estimate of drug-likeness (QED) is 0.664. The van der Waals surface area contributed by atoms with E-state index in [0.29, 0.717) is 5.76 Å². The smallest absolute Gasteiger partial charge is 0.315 e. The van der Waals surface area contributed by atoms with E-state index in [9.17, 15) is 9.59 Å². The van der Waals surface area contributed by atoms with Gasteiger partial charge in [-0.1, -0.05) is 0 Å². The molecule has 1 aromatic rings. The fourth-order valence-electron chi connectivity index (χ4n) is 0.926. The summed E-state index contributed by atoms with van der Waals surface area (Å²) in [5, 5.41) is 13.2. The Hall–Kier alpha value is -1.98. The van der Waals surface area contributed by atoms with Crippen LogP contribution >= 0.6 is 0 Å². The number of nitrogens with one attached hydrogen (secondary N) is 2. The zero-order chi connectivity index (χ0) is 11.1. The summed E-state index contributed by atoms with van der Waals surface area (Å²) in [6.07, 6.45) is 1.42. The van der Waals surface area contributed by atoms with Gasteiger partial charge < -0.3 is 20.2 Å². The van der Waals surface area contributed by atoms with Crippen molar-refractivity contribution >= 4 is 12.0 Å². The molecule has 0 spiro atoms. The highest BCUT2D eigenvalue weighted by molar-refractivity contribution is 5.74. The molecule has 3 N–H and O–H groups in total. The van der Waals surface area contributed by atoms with Gasteiger partial charge in [0.2, 0.25) is 0 Å². The van der Waals surface area contributed by atoms with Crippen molar-refractivity contribution in [1.82, 2.24) is 10.6 Å². The molecule has 2 amide bonds. The van der Waals surface area contributed by atoms with E-state index in [4.69, 9.17) is 9.52 Å². The molecule has 0 aromatic carbocycles. The fraction of sp³-hybridized carbons (Fsp3) is 0.333. The summed E-state index contributed by atoms with van der Waals surface area (Å²) >= 11 is 0. The van der Waals surface area contributed by atoms with Crippen molar-refractivity contribution in [3.63, 3.8) is 0 Å². The Morgan fingerprint density at radius 2 is 2.20 bits per heavy atom. The Labute approximate surface area is 86.3 Å². The first kappa shape index (κ1) is 11.1. The molecule has 0 unspecified atom stereocenters. The van der Waals surface area contributed by atoms with E-state index in [0.717, 1.165) is 0 Å². The van der Waals surface area contributed by atoms with Gasteiger partial charge in [0.1, 0.15) is 5.76 Å². The largest absolute Gasteiger partial charge is 0.481 e. The van der Waals surface area contributed by atoms with E-state index in [2.05, 4.69) is 10.6 Å². The second kappa shape index (κ2) is 5.69. The third kappa shape index (κ3) is 4.70.